The normalized spacial score (nSPS) is 22.8. The van der Waals surface area contributed by atoms with Crippen molar-refractivity contribution in [3.8, 4) is 11.8 Å². The average molecular weight is 240 g/mol. The van der Waals surface area contributed by atoms with Gasteiger partial charge in [0.05, 0.1) is 6.10 Å². The summed E-state index contributed by atoms with van der Waals surface area (Å²) in [7, 11) is 0. The summed E-state index contributed by atoms with van der Waals surface area (Å²) in [4.78, 5) is 23.7. The number of nitrogens with zero attached hydrogens (tertiary/aromatic N) is 1. The van der Waals surface area contributed by atoms with Crippen molar-refractivity contribution in [3.05, 3.63) is 0 Å². The van der Waals surface area contributed by atoms with Crippen LogP contribution in [-0.4, -0.2) is 52.3 Å². The molecule has 0 saturated carbocycles. The third-order valence-electron chi connectivity index (χ3n) is 2.53. The van der Waals surface area contributed by atoms with Crippen LogP contribution in [0.15, 0.2) is 0 Å². The van der Waals surface area contributed by atoms with Gasteiger partial charge in [-0.15, -0.1) is 11.8 Å². The standard InChI is InChI=1S/C11H16N2O4/c1-2-3-4-5-12-11(17)13-7-8(14)6-9(13)10(15)16/h8-9,14H,4-7H2,1H3,(H,12,17)(H,15,16)/t8?,9-/m0/s1. The zero-order chi connectivity index (χ0) is 12.8. The summed E-state index contributed by atoms with van der Waals surface area (Å²) in [6.45, 7) is 2.14. The molecule has 2 amide bonds. The Morgan fingerprint density at radius 3 is 2.82 bits per heavy atom. The van der Waals surface area contributed by atoms with E-state index in [0.717, 1.165) is 4.90 Å². The van der Waals surface area contributed by atoms with Crippen LogP contribution in [-0.2, 0) is 4.79 Å². The number of aliphatic hydroxyl groups is 1. The molecule has 1 fully saturated rings. The zero-order valence-corrected chi connectivity index (χ0v) is 9.64. The first-order valence-corrected chi connectivity index (χ1v) is 5.41. The number of β-amino-alcohol motifs (C(OH)–C–C–N with tert-alkyl or cyclic N) is 1. The van der Waals surface area contributed by atoms with Crippen LogP contribution in [0.2, 0.25) is 0 Å². The maximum atomic E-state index is 11.7. The van der Waals surface area contributed by atoms with E-state index in [2.05, 4.69) is 17.2 Å². The number of hydrogen-bond acceptors (Lipinski definition) is 3. The fourth-order valence-corrected chi connectivity index (χ4v) is 1.73. The molecule has 0 aromatic heterocycles. The number of nitrogens with one attached hydrogen (secondary N) is 1. The van der Waals surface area contributed by atoms with Crippen molar-refractivity contribution >= 4 is 12.0 Å². The van der Waals surface area contributed by atoms with E-state index in [0.29, 0.717) is 13.0 Å². The van der Waals surface area contributed by atoms with Crippen molar-refractivity contribution in [2.75, 3.05) is 13.1 Å². The Morgan fingerprint density at radius 2 is 2.24 bits per heavy atom. The summed E-state index contributed by atoms with van der Waals surface area (Å²) in [5, 5.41) is 20.8. The van der Waals surface area contributed by atoms with Gasteiger partial charge in [0.25, 0.3) is 0 Å². The van der Waals surface area contributed by atoms with Crippen LogP contribution in [0.1, 0.15) is 19.8 Å². The minimum Gasteiger partial charge on any atom is -0.480 e. The van der Waals surface area contributed by atoms with Crippen LogP contribution in [0.4, 0.5) is 4.79 Å². The van der Waals surface area contributed by atoms with Crippen LogP contribution < -0.4 is 5.32 Å². The Labute approximate surface area is 99.6 Å². The molecule has 0 radical (unpaired) electrons. The Balaban J connectivity index is 2.48. The van der Waals surface area contributed by atoms with Gasteiger partial charge >= 0.3 is 12.0 Å². The quantitative estimate of drug-likeness (QED) is 0.464. The lowest BCUT2D eigenvalue weighted by Crippen LogP contribution is -2.46. The van der Waals surface area contributed by atoms with Gasteiger partial charge in [0.2, 0.25) is 0 Å². The minimum absolute atomic E-state index is 0.0578. The van der Waals surface area contributed by atoms with Gasteiger partial charge in [0, 0.05) is 25.9 Å². The number of carbonyl (C=O) groups is 2. The molecule has 1 rings (SSSR count). The number of carboxylic acids is 1. The summed E-state index contributed by atoms with van der Waals surface area (Å²) in [6.07, 6.45) is -0.161. The summed E-state index contributed by atoms with van der Waals surface area (Å²) >= 11 is 0. The van der Waals surface area contributed by atoms with E-state index >= 15 is 0 Å². The zero-order valence-electron chi connectivity index (χ0n) is 9.64. The molecule has 6 heteroatoms. The fraction of sp³-hybridized carbons (Fsp3) is 0.636. The molecule has 0 spiro atoms. The Morgan fingerprint density at radius 1 is 1.53 bits per heavy atom. The van der Waals surface area contributed by atoms with Gasteiger partial charge in [-0.1, -0.05) is 0 Å². The molecule has 17 heavy (non-hydrogen) atoms. The predicted octanol–water partition coefficient (Wildman–Crippen LogP) is -0.371. The van der Waals surface area contributed by atoms with Gasteiger partial charge in [0.15, 0.2) is 0 Å². The lowest BCUT2D eigenvalue weighted by Gasteiger charge is -2.21. The van der Waals surface area contributed by atoms with E-state index in [-0.39, 0.29) is 13.0 Å². The highest BCUT2D eigenvalue weighted by Crippen LogP contribution is 2.17. The second-order valence-electron chi connectivity index (χ2n) is 3.80. The SMILES string of the molecule is CC#CCCNC(=O)N1CC(O)C[C@H]1C(=O)O. The Hall–Kier alpha value is -1.74. The van der Waals surface area contributed by atoms with Gasteiger partial charge in [-0.25, -0.2) is 9.59 Å². The molecule has 94 valence electrons. The fourth-order valence-electron chi connectivity index (χ4n) is 1.73. The molecule has 1 saturated heterocycles. The topological polar surface area (TPSA) is 89.9 Å². The third kappa shape index (κ3) is 3.64. The number of amides is 2. The van der Waals surface area contributed by atoms with Gasteiger partial charge in [-0.2, -0.15) is 0 Å². The van der Waals surface area contributed by atoms with Crippen molar-refractivity contribution in [1.29, 1.82) is 0 Å². The first kappa shape index (κ1) is 13.3. The van der Waals surface area contributed by atoms with Crippen LogP contribution in [0, 0.1) is 11.8 Å². The first-order valence-electron chi connectivity index (χ1n) is 5.41. The van der Waals surface area contributed by atoms with Crippen molar-refractivity contribution in [2.24, 2.45) is 0 Å². The van der Waals surface area contributed by atoms with Crippen molar-refractivity contribution in [3.63, 3.8) is 0 Å². The lowest BCUT2D eigenvalue weighted by atomic mass is 10.2. The monoisotopic (exact) mass is 240 g/mol. The van der Waals surface area contributed by atoms with Gasteiger partial charge in [-0.05, 0) is 6.92 Å². The highest BCUT2D eigenvalue weighted by Gasteiger charge is 2.38. The molecule has 6 nitrogen and oxygen atoms in total. The molecule has 1 aliphatic heterocycles. The smallest absolute Gasteiger partial charge is 0.326 e. The molecule has 0 bridgehead atoms. The number of likely N-dealkylation sites (tertiary alicyclic amines) is 1. The number of hydrogen-bond donors (Lipinski definition) is 3. The molecule has 1 heterocycles. The maximum Gasteiger partial charge on any atom is 0.326 e. The Bertz CT molecular complexity index is 358. The van der Waals surface area contributed by atoms with Crippen molar-refractivity contribution < 1.29 is 19.8 Å². The van der Waals surface area contributed by atoms with Gasteiger partial charge < -0.3 is 20.4 Å². The van der Waals surface area contributed by atoms with E-state index < -0.39 is 24.1 Å². The second-order valence-corrected chi connectivity index (χ2v) is 3.80. The van der Waals surface area contributed by atoms with Crippen LogP contribution in [0.25, 0.3) is 0 Å². The van der Waals surface area contributed by atoms with E-state index in [9.17, 15) is 14.7 Å². The molecular formula is C11H16N2O4. The van der Waals surface area contributed by atoms with Crippen molar-refractivity contribution in [1.82, 2.24) is 10.2 Å². The molecular weight excluding hydrogens is 224 g/mol. The van der Waals surface area contributed by atoms with E-state index in [1.165, 1.54) is 0 Å². The third-order valence-corrected chi connectivity index (χ3v) is 2.53. The average Bonchev–Trinajstić information content (AvgIpc) is 2.66. The number of carbonyl (C=O) groups excluding carboxylic acids is 1. The molecule has 0 aliphatic carbocycles. The molecule has 0 aromatic rings. The largest absolute Gasteiger partial charge is 0.480 e. The highest BCUT2D eigenvalue weighted by atomic mass is 16.4. The first-order chi connectivity index (χ1) is 8.06. The molecule has 3 N–H and O–H groups in total. The predicted molar refractivity (Wildman–Crippen MR) is 60.2 cm³/mol. The lowest BCUT2D eigenvalue weighted by molar-refractivity contribution is -0.141. The molecule has 0 aromatic carbocycles. The van der Waals surface area contributed by atoms with Gasteiger partial charge in [-0.3, -0.25) is 0 Å². The number of aliphatic carboxylic acids is 1. The minimum atomic E-state index is -1.09. The summed E-state index contributed by atoms with van der Waals surface area (Å²) in [5.41, 5.74) is 0. The molecule has 2 atom stereocenters. The Kier molecular flexibility index (Phi) is 4.79. The molecule has 1 aliphatic rings. The van der Waals surface area contributed by atoms with Crippen LogP contribution >= 0.6 is 0 Å². The summed E-state index contributed by atoms with van der Waals surface area (Å²) < 4.78 is 0. The maximum absolute atomic E-state index is 11.7. The number of carboxylic acid groups (broad SMARTS) is 1. The summed E-state index contributed by atoms with van der Waals surface area (Å²) in [5.74, 6) is 4.39. The van der Waals surface area contributed by atoms with E-state index in [1.54, 1.807) is 6.92 Å². The number of rotatable bonds is 3. The summed E-state index contributed by atoms with van der Waals surface area (Å²) in [6, 6.07) is -1.41. The van der Waals surface area contributed by atoms with Crippen LogP contribution in [0.5, 0.6) is 0 Å². The number of urea groups is 1. The van der Waals surface area contributed by atoms with Crippen molar-refractivity contribution in [2.45, 2.75) is 31.9 Å². The highest BCUT2D eigenvalue weighted by molar-refractivity contribution is 5.83. The molecule has 1 unspecified atom stereocenters. The number of aliphatic hydroxyl groups excluding tert-OH is 1. The second kappa shape index (κ2) is 6.11. The van der Waals surface area contributed by atoms with Crippen LogP contribution in [0.3, 0.4) is 0 Å². The van der Waals surface area contributed by atoms with Gasteiger partial charge in [0.1, 0.15) is 6.04 Å². The van der Waals surface area contributed by atoms with E-state index in [1.807, 2.05) is 0 Å². The van der Waals surface area contributed by atoms with E-state index in [4.69, 9.17) is 5.11 Å².